The molecule has 90 valence electrons. The molecule has 0 saturated carbocycles. The summed E-state index contributed by atoms with van der Waals surface area (Å²) >= 11 is 0. The highest BCUT2D eigenvalue weighted by atomic mass is 16.3. The summed E-state index contributed by atoms with van der Waals surface area (Å²) in [6, 6.07) is 9.82. The third-order valence-electron chi connectivity index (χ3n) is 2.91. The van der Waals surface area contributed by atoms with E-state index < -0.39 is 6.10 Å². The predicted octanol–water partition coefficient (Wildman–Crippen LogP) is 2.89. The molecule has 0 aromatic heterocycles. The smallest absolute Gasteiger partial charge is 0.0966 e. The fourth-order valence-electron chi connectivity index (χ4n) is 1.74. The zero-order valence-electron chi connectivity index (χ0n) is 10.5. The molecule has 0 amide bonds. The monoisotopic (exact) mass is 221 g/mol. The highest BCUT2D eigenvalue weighted by Crippen LogP contribution is 2.24. The molecule has 0 aliphatic heterocycles. The van der Waals surface area contributed by atoms with Gasteiger partial charge in [0.25, 0.3) is 0 Å². The molecular formula is C14H23NO. The standard InChI is InChI=1S/C14H23NO/c1-4-5-11-15-14(2,3)13(16)12-9-7-6-8-10-12/h6-10,13,15-16H,4-5,11H2,1-3H3/t13-/m1/s1. The van der Waals surface area contributed by atoms with Crippen molar-refractivity contribution in [3.05, 3.63) is 35.9 Å². The molecule has 2 N–H and O–H groups in total. The van der Waals surface area contributed by atoms with E-state index in [1.807, 2.05) is 44.2 Å². The normalized spacial score (nSPS) is 13.8. The molecule has 0 saturated heterocycles. The Morgan fingerprint density at radius 2 is 1.88 bits per heavy atom. The summed E-state index contributed by atoms with van der Waals surface area (Å²) in [7, 11) is 0. The molecule has 0 unspecified atom stereocenters. The number of hydrogen-bond donors (Lipinski definition) is 2. The van der Waals surface area contributed by atoms with E-state index in [4.69, 9.17) is 0 Å². The molecule has 0 aliphatic carbocycles. The topological polar surface area (TPSA) is 32.3 Å². The van der Waals surface area contributed by atoms with Crippen LogP contribution in [0.15, 0.2) is 30.3 Å². The average Bonchev–Trinajstić information content (AvgIpc) is 2.29. The number of hydrogen-bond acceptors (Lipinski definition) is 2. The molecule has 0 spiro atoms. The van der Waals surface area contributed by atoms with Crippen molar-refractivity contribution >= 4 is 0 Å². The lowest BCUT2D eigenvalue weighted by molar-refractivity contribution is 0.0803. The second-order valence-corrected chi connectivity index (χ2v) is 4.82. The number of aliphatic hydroxyl groups excluding tert-OH is 1. The van der Waals surface area contributed by atoms with E-state index >= 15 is 0 Å². The zero-order valence-corrected chi connectivity index (χ0v) is 10.5. The fraction of sp³-hybridized carbons (Fsp3) is 0.571. The molecule has 0 aliphatic rings. The Kier molecular flexibility index (Phi) is 4.97. The molecule has 2 heteroatoms. The Bertz CT molecular complexity index is 295. The van der Waals surface area contributed by atoms with Gasteiger partial charge < -0.3 is 10.4 Å². The summed E-state index contributed by atoms with van der Waals surface area (Å²) in [5.74, 6) is 0. The molecule has 1 aromatic carbocycles. The van der Waals surface area contributed by atoms with Gasteiger partial charge >= 0.3 is 0 Å². The van der Waals surface area contributed by atoms with Gasteiger partial charge in [0.1, 0.15) is 0 Å². The van der Waals surface area contributed by atoms with E-state index in [0.717, 1.165) is 18.5 Å². The van der Waals surface area contributed by atoms with Gasteiger partial charge in [-0.05, 0) is 32.4 Å². The van der Waals surface area contributed by atoms with Crippen LogP contribution in [0.1, 0.15) is 45.3 Å². The van der Waals surface area contributed by atoms with Crippen LogP contribution in [0.25, 0.3) is 0 Å². The molecular weight excluding hydrogens is 198 g/mol. The maximum Gasteiger partial charge on any atom is 0.0966 e. The molecule has 0 radical (unpaired) electrons. The van der Waals surface area contributed by atoms with E-state index in [-0.39, 0.29) is 5.54 Å². The van der Waals surface area contributed by atoms with Crippen molar-refractivity contribution in [1.29, 1.82) is 0 Å². The van der Waals surface area contributed by atoms with Gasteiger partial charge in [-0.25, -0.2) is 0 Å². The third kappa shape index (κ3) is 3.62. The number of aliphatic hydroxyl groups is 1. The molecule has 0 fully saturated rings. The molecule has 16 heavy (non-hydrogen) atoms. The lowest BCUT2D eigenvalue weighted by Crippen LogP contribution is -2.45. The Balaban J connectivity index is 2.61. The van der Waals surface area contributed by atoms with Crippen molar-refractivity contribution < 1.29 is 5.11 Å². The summed E-state index contributed by atoms with van der Waals surface area (Å²) in [5.41, 5.74) is 0.688. The fourth-order valence-corrected chi connectivity index (χ4v) is 1.74. The lowest BCUT2D eigenvalue weighted by atomic mass is 9.91. The first-order valence-corrected chi connectivity index (χ1v) is 6.06. The van der Waals surface area contributed by atoms with E-state index in [0.29, 0.717) is 0 Å². The number of nitrogens with one attached hydrogen (secondary N) is 1. The molecule has 1 rings (SSSR count). The minimum Gasteiger partial charge on any atom is -0.387 e. The summed E-state index contributed by atoms with van der Waals surface area (Å²) in [6.45, 7) is 7.20. The van der Waals surface area contributed by atoms with E-state index in [1.54, 1.807) is 0 Å². The highest BCUT2D eigenvalue weighted by molar-refractivity contribution is 5.20. The van der Waals surface area contributed by atoms with Gasteiger partial charge in [-0.1, -0.05) is 43.7 Å². The van der Waals surface area contributed by atoms with Crippen molar-refractivity contribution in [2.45, 2.75) is 45.3 Å². The van der Waals surface area contributed by atoms with Crippen LogP contribution < -0.4 is 5.32 Å². The maximum atomic E-state index is 10.3. The minimum absolute atomic E-state index is 0.281. The average molecular weight is 221 g/mol. The summed E-state index contributed by atoms with van der Waals surface area (Å²) in [4.78, 5) is 0. The quantitative estimate of drug-likeness (QED) is 0.724. The van der Waals surface area contributed by atoms with E-state index in [9.17, 15) is 5.11 Å². The number of benzene rings is 1. The summed E-state index contributed by atoms with van der Waals surface area (Å²) < 4.78 is 0. The van der Waals surface area contributed by atoms with Crippen LogP contribution in [0.2, 0.25) is 0 Å². The Morgan fingerprint density at radius 1 is 1.25 bits per heavy atom. The van der Waals surface area contributed by atoms with Crippen molar-refractivity contribution in [3.8, 4) is 0 Å². The summed E-state index contributed by atoms with van der Waals surface area (Å²) in [5, 5.41) is 13.7. The Hall–Kier alpha value is -0.860. The van der Waals surface area contributed by atoms with E-state index in [1.165, 1.54) is 6.42 Å². The number of rotatable bonds is 6. The van der Waals surface area contributed by atoms with Crippen LogP contribution in [0.3, 0.4) is 0 Å². The molecule has 1 aromatic rings. The molecule has 0 heterocycles. The Labute approximate surface area is 98.7 Å². The van der Waals surface area contributed by atoms with E-state index in [2.05, 4.69) is 12.2 Å². The van der Waals surface area contributed by atoms with Crippen LogP contribution in [-0.4, -0.2) is 17.2 Å². The van der Waals surface area contributed by atoms with Gasteiger partial charge in [-0.3, -0.25) is 0 Å². The largest absolute Gasteiger partial charge is 0.387 e. The summed E-state index contributed by atoms with van der Waals surface area (Å²) in [6.07, 6.45) is 1.85. The zero-order chi connectivity index (χ0) is 12.0. The molecule has 1 atom stereocenters. The van der Waals surface area contributed by atoms with Gasteiger partial charge in [-0.2, -0.15) is 0 Å². The van der Waals surface area contributed by atoms with Crippen molar-refractivity contribution in [2.75, 3.05) is 6.54 Å². The van der Waals surface area contributed by atoms with Crippen molar-refractivity contribution in [1.82, 2.24) is 5.32 Å². The second kappa shape index (κ2) is 6.02. The van der Waals surface area contributed by atoms with Gasteiger partial charge in [-0.15, -0.1) is 0 Å². The highest BCUT2D eigenvalue weighted by Gasteiger charge is 2.27. The molecule has 2 nitrogen and oxygen atoms in total. The van der Waals surface area contributed by atoms with Gasteiger partial charge in [0.2, 0.25) is 0 Å². The van der Waals surface area contributed by atoms with Crippen LogP contribution in [0.5, 0.6) is 0 Å². The number of unbranched alkanes of at least 4 members (excludes halogenated alkanes) is 1. The van der Waals surface area contributed by atoms with Crippen LogP contribution in [-0.2, 0) is 0 Å². The third-order valence-corrected chi connectivity index (χ3v) is 2.91. The first-order valence-electron chi connectivity index (χ1n) is 6.06. The minimum atomic E-state index is -0.467. The Morgan fingerprint density at radius 3 is 2.44 bits per heavy atom. The first kappa shape index (κ1) is 13.2. The van der Waals surface area contributed by atoms with Crippen molar-refractivity contribution in [3.63, 3.8) is 0 Å². The van der Waals surface area contributed by atoms with Crippen LogP contribution >= 0.6 is 0 Å². The maximum absolute atomic E-state index is 10.3. The van der Waals surface area contributed by atoms with Gasteiger partial charge in [0.15, 0.2) is 0 Å². The predicted molar refractivity (Wildman–Crippen MR) is 68.4 cm³/mol. The van der Waals surface area contributed by atoms with Crippen LogP contribution in [0.4, 0.5) is 0 Å². The molecule has 0 bridgehead atoms. The first-order chi connectivity index (χ1) is 7.58. The van der Waals surface area contributed by atoms with Gasteiger partial charge in [0.05, 0.1) is 6.10 Å². The van der Waals surface area contributed by atoms with Gasteiger partial charge in [0, 0.05) is 5.54 Å². The van der Waals surface area contributed by atoms with Crippen LogP contribution in [0, 0.1) is 0 Å². The lowest BCUT2D eigenvalue weighted by Gasteiger charge is -2.32. The second-order valence-electron chi connectivity index (χ2n) is 4.82. The SMILES string of the molecule is CCCCNC(C)(C)[C@H](O)c1ccccc1. The van der Waals surface area contributed by atoms with Crippen molar-refractivity contribution in [2.24, 2.45) is 0 Å².